The number of nitrogens with zero attached hydrogens (tertiary/aromatic N) is 1. The second-order valence-electron chi connectivity index (χ2n) is 5.60. The van der Waals surface area contributed by atoms with Crippen molar-refractivity contribution in [3.8, 4) is 0 Å². The summed E-state index contributed by atoms with van der Waals surface area (Å²) in [5, 5.41) is 3.43. The highest BCUT2D eigenvalue weighted by Crippen LogP contribution is 2.22. The van der Waals surface area contributed by atoms with Gasteiger partial charge in [0.05, 0.1) is 0 Å². The van der Waals surface area contributed by atoms with Gasteiger partial charge in [-0.1, -0.05) is 43.7 Å². The number of benzene rings is 1. The van der Waals surface area contributed by atoms with Gasteiger partial charge in [-0.05, 0) is 50.9 Å². The van der Waals surface area contributed by atoms with E-state index in [0.29, 0.717) is 0 Å². The summed E-state index contributed by atoms with van der Waals surface area (Å²) in [7, 11) is 0. The zero-order valence-corrected chi connectivity index (χ0v) is 12.3. The van der Waals surface area contributed by atoms with Crippen molar-refractivity contribution in [2.24, 2.45) is 0 Å². The van der Waals surface area contributed by atoms with Gasteiger partial charge in [0.1, 0.15) is 0 Å². The van der Waals surface area contributed by atoms with Crippen LogP contribution >= 0.6 is 0 Å². The fourth-order valence-electron chi connectivity index (χ4n) is 3.05. The Bertz CT molecular complexity index is 336. The van der Waals surface area contributed by atoms with E-state index >= 15 is 0 Å². The summed E-state index contributed by atoms with van der Waals surface area (Å²) in [6.07, 6.45) is 6.83. The predicted molar refractivity (Wildman–Crippen MR) is 82.3 cm³/mol. The van der Waals surface area contributed by atoms with Gasteiger partial charge >= 0.3 is 0 Å². The second-order valence-corrected chi connectivity index (χ2v) is 5.60. The smallest absolute Gasteiger partial charge is 0.0236 e. The molecule has 0 radical (unpaired) electrons. The van der Waals surface area contributed by atoms with Crippen LogP contribution in [0.25, 0.3) is 0 Å². The lowest BCUT2D eigenvalue weighted by atomic mass is 9.97. The normalized spacial score (nSPS) is 20.6. The lowest BCUT2D eigenvalue weighted by molar-refractivity contribution is 0.130. The largest absolute Gasteiger partial charge is 0.317 e. The minimum absolute atomic E-state index is 0.799. The highest BCUT2D eigenvalue weighted by molar-refractivity contribution is 5.14. The molecule has 2 rings (SSSR count). The average molecular weight is 260 g/mol. The van der Waals surface area contributed by atoms with Crippen molar-refractivity contribution < 1.29 is 0 Å². The maximum atomic E-state index is 3.43. The molecule has 0 aromatic heterocycles. The highest BCUT2D eigenvalue weighted by atomic mass is 15.2. The molecule has 2 heteroatoms. The minimum Gasteiger partial charge on any atom is -0.317 e. The number of piperidine rings is 1. The van der Waals surface area contributed by atoms with Crippen LogP contribution in [0.15, 0.2) is 30.3 Å². The van der Waals surface area contributed by atoms with Gasteiger partial charge in [0, 0.05) is 12.6 Å². The monoisotopic (exact) mass is 260 g/mol. The van der Waals surface area contributed by atoms with Gasteiger partial charge in [-0.3, -0.25) is 4.90 Å². The Labute approximate surface area is 118 Å². The Balaban J connectivity index is 1.82. The molecule has 1 saturated heterocycles. The maximum Gasteiger partial charge on any atom is 0.0236 e. The van der Waals surface area contributed by atoms with Crippen LogP contribution < -0.4 is 5.32 Å². The highest BCUT2D eigenvalue weighted by Gasteiger charge is 2.21. The molecule has 1 aromatic carbocycles. The third kappa shape index (κ3) is 4.96. The van der Waals surface area contributed by atoms with E-state index in [2.05, 4.69) is 47.5 Å². The van der Waals surface area contributed by atoms with Crippen LogP contribution in [0.3, 0.4) is 0 Å². The number of nitrogens with one attached hydrogen (secondary N) is 1. The average Bonchev–Trinajstić information content (AvgIpc) is 2.46. The van der Waals surface area contributed by atoms with Crippen molar-refractivity contribution in [2.45, 2.75) is 51.6 Å². The molecule has 1 aliphatic rings. The third-order valence-electron chi connectivity index (χ3n) is 4.12. The summed E-state index contributed by atoms with van der Waals surface area (Å²) in [5.74, 6) is 0. The molecule has 0 aliphatic carbocycles. The number of likely N-dealkylation sites (tertiary alicyclic amines) is 1. The van der Waals surface area contributed by atoms with E-state index in [-0.39, 0.29) is 0 Å². The van der Waals surface area contributed by atoms with Gasteiger partial charge in [0.15, 0.2) is 0 Å². The van der Waals surface area contributed by atoms with E-state index in [1.54, 1.807) is 0 Å². The van der Waals surface area contributed by atoms with Crippen LogP contribution in [0.2, 0.25) is 0 Å². The summed E-state index contributed by atoms with van der Waals surface area (Å²) in [6.45, 7) is 6.86. The molecule has 1 aliphatic heterocycles. The number of hydrogen-bond acceptors (Lipinski definition) is 2. The first kappa shape index (κ1) is 14.5. The molecule has 1 aromatic rings. The van der Waals surface area contributed by atoms with E-state index in [9.17, 15) is 0 Å². The Morgan fingerprint density at radius 1 is 1.21 bits per heavy atom. The second kappa shape index (κ2) is 8.34. The molecule has 19 heavy (non-hydrogen) atoms. The van der Waals surface area contributed by atoms with Gasteiger partial charge < -0.3 is 5.32 Å². The van der Waals surface area contributed by atoms with Crippen molar-refractivity contribution in [3.05, 3.63) is 35.9 Å². The molecule has 0 spiro atoms. The van der Waals surface area contributed by atoms with Crippen LogP contribution in [0.5, 0.6) is 0 Å². The molecule has 1 fully saturated rings. The third-order valence-corrected chi connectivity index (χ3v) is 4.12. The number of hydrogen-bond donors (Lipinski definition) is 1. The zero-order valence-electron chi connectivity index (χ0n) is 12.3. The Kier molecular flexibility index (Phi) is 6.38. The van der Waals surface area contributed by atoms with Gasteiger partial charge in [-0.15, -0.1) is 0 Å². The Hall–Kier alpha value is -0.860. The first-order valence-electron chi connectivity index (χ1n) is 7.89. The lowest BCUT2D eigenvalue weighted by Gasteiger charge is -2.36. The predicted octanol–water partition coefficient (Wildman–Crippen LogP) is 3.43. The van der Waals surface area contributed by atoms with Crippen LogP contribution in [-0.2, 0) is 6.54 Å². The molecule has 2 nitrogen and oxygen atoms in total. The van der Waals surface area contributed by atoms with Crippen LogP contribution in [0, 0.1) is 0 Å². The quantitative estimate of drug-likeness (QED) is 0.756. The molecular formula is C17H28N2. The minimum atomic E-state index is 0.799. The van der Waals surface area contributed by atoms with E-state index in [1.165, 1.54) is 50.8 Å². The van der Waals surface area contributed by atoms with Crippen molar-refractivity contribution >= 4 is 0 Å². The van der Waals surface area contributed by atoms with Crippen LogP contribution in [0.4, 0.5) is 0 Å². The van der Waals surface area contributed by atoms with Gasteiger partial charge in [0.25, 0.3) is 0 Å². The van der Waals surface area contributed by atoms with Crippen molar-refractivity contribution in [1.29, 1.82) is 0 Å². The molecule has 0 amide bonds. The molecule has 106 valence electrons. The lowest BCUT2D eigenvalue weighted by Crippen LogP contribution is -2.39. The molecule has 0 unspecified atom stereocenters. The first-order chi connectivity index (χ1) is 9.40. The Morgan fingerprint density at radius 2 is 2.05 bits per heavy atom. The van der Waals surface area contributed by atoms with Gasteiger partial charge in [0.2, 0.25) is 0 Å². The number of rotatable bonds is 7. The molecular weight excluding hydrogens is 232 g/mol. The summed E-state index contributed by atoms with van der Waals surface area (Å²) >= 11 is 0. The standard InChI is InChI=1S/C17H28N2/c1-2-18-13-8-12-17-11-6-7-14-19(17)15-16-9-4-3-5-10-16/h3-5,9-10,17-18H,2,6-8,11-15H2,1H3/t17-/m0/s1. The molecule has 0 bridgehead atoms. The van der Waals surface area contributed by atoms with Gasteiger partial charge in [-0.2, -0.15) is 0 Å². The summed E-state index contributed by atoms with van der Waals surface area (Å²) < 4.78 is 0. The van der Waals surface area contributed by atoms with Crippen molar-refractivity contribution in [1.82, 2.24) is 10.2 Å². The van der Waals surface area contributed by atoms with Gasteiger partial charge in [-0.25, -0.2) is 0 Å². The van der Waals surface area contributed by atoms with E-state index in [1.807, 2.05) is 0 Å². The summed E-state index contributed by atoms with van der Waals surface area (Å²) in [6, 6.07) is 11.7. The topological polar surface area (TPSA) is 15.3 Å². The fourth-order valence-corrected chi connectivity index (χ4v) is 3.05. The van der Waals surface area contributed by atoms with Crippen LogP contribution in [0.1, 0.15) is 44.6 Å². The SMILES string of the molecule is CCNCCC[C@@H]1CCCCN1Cc1ccccc1. The maximum absolute atomic E-state index is 3.43. The summed E-state index contributed by atoms with van der Waals surface area (Å²) in [5.41, 5.74) is 1.46. The van der Waals surface area contributed by atoms with Crippen molar-refractivity contribution in [2.75, 3.05) is 19.6 Å². The molecule has 0 saturated carbocycles. The first-order valence-corrected chi connectivity index (χ1v) is 7.89. The molecule has 1 heterocycles. The van der Waals surface area contributed by atoms with E-state index in [4.69, 9.17) is 0 Å². The fraction of sp³-hybridized carbons (Fsp3) is 0.647. The summed E-state index contributed by atoms with van der Waals surface area (Å²) in [4.78, 5) is 2.70. The Morgan fingerprint density at radius 3 is 2.84 bits per heavy atom. The molecule has 1 atom stereocenters. The van der Waals surface area contributed by atoms with Crippen molar-refractivity contribution in [3.63, 3.8) is 0 Å². The van der Waals surface area contributed by atoms with E-state index < -0.39 is 0 Å². The zero-order chi connectivity index (χ0) is 13.3. The van der Waals surface area contributed by atoms with Crippen LogP contribution in [-0.4, -0.2) is 30.6 Å². The molecule has 1 N–H and O–H groups in total. The van der Waals surface area contributed by atoms with E-state index in [0.717, 1.165) is 19.1 Å².